The van der Waals surface area contributed by atoms with Crippen molar-refractivity contribution in [3.63, 3.8) is 0 Å². The predicted octanol–water partition coefficient (Wildman–Crippen LogP) is 4.28. The average Bonchev–Trinajstić information content (AvgIpc) is 2.84. The van der Waals surface area contributed by atoms with Gasteiger partial charge in [-0.05, 0) is 53.8 Å². The zero-order valence-electron chi connectivity index (χ0n) is 19.5. The molecular weight excluding hydrogens is 431 g/mol. The monoisotopic (exact) mass is 460 g/mol. The van der Waals surface area contributed by atoms with Crippen molar-refractivity contribution in [1.82, 2.24) is 10.3 Å². The van der Waals surface area contributed by atoms with Gasteiger partial charge in [-0.2, -0.15) is 0 Å². The number of carbonyl (C=O) groups excluding carboxylic acids is 1. The number of benzene rings is 2. The van der Waals surface area contributed by atoms with Crippen molar-refractivity contribution >= 4 is 17.4 Å². The van der Waals surface area contributed by atoms with E-state index in [1.54, 1.807) is 18.3 Å². The zero-order valence-corrected chi connectivity index (χ0v) is 19.5. The summed E-state index contributed by atoms with van der Waals surface area (Å²) in [6.07, 6.45) is 2.51. The molecule has 34 heavy (non-hydrogen) atoms. The van der Waals surface area contributed by atoms with Crippen molar-refractivity contribution in [2.75, 3.05) is 36.9 Å². The van der Waals surface area contributed by atoms with E-state index in [0.717, 1.165) is 41.9 Å². The molecule has 0 saturated carbocycles. The van der Waals surface area contributed by atoms with E-state index in [2.05, 4.69) is 29.0 Å². The van der Waals surface area contributed by atoms with Crippen LogP contribution in [0, 0.1) is 11.7 Å². The van der Waals surface area contributed by atoms with Gasteiger partial charge in [-0.1, -0.05) is 26.0 Å². The van der Waals surface area contributed by atoms with E-state index in [-0.39, 0.29) is 17.8 Å². The van der Waals surface area contributed by atoms with Gasteiger partial charge in [0.25, 0.3) is 5.91 Å². The zero-order chi connectivity index (χ0) is 23.8. The molecule has 6 nitrogen and oxygen atoms in total. The lowest BCUT2D eigenvalue weighted by Crippen LogP contribution is -2.44. The number of morpholine rings is 1. The quantitative estimate of drug-likeness (QED) is 0.607. The molecule has 3 aromatic rings. The van der Waals surface area contributed by atoms with Gasteiger partial charge in [-0.3, -0.25) is 4.79 Å². The van der Waals surface area contributed by atoms with Crippen LogP contribution >= 0.6 is 0 Å². The first kappa shape index (κ1) is 22.3. The van der Waals surface area contributed by atoms with E-state index >= 15 is 4.39 Å². The summed E-state index contributed by atoms with van der Waals surface area (Å²) in [6.45, 7) is 7.02. The Morgan fingerprint density at radius 2 is 1.94 bits per heavy atom. The van der Waals surface area contributed by atoms with E-state index in [9.17, 15) is 4.79 Å². The number of aromatic nitrogens is 1. The topological polar surface area (TPSA) is 80.5 Å². The first-order valence-corrected chi connectivity index (χ1v) is 11.7. The van der Waals surface area contributed by atoms with Crippen molar-refractivity contribution < 1.29 is 13.9 Å². The molecule has 3 N–H and O–H groups in total. The number of carbonyl (C=O) groups is 1. The first-order valence-electron chi connectivity index (χ1n) is 11.7. The molecular formula is C27H29FN4O2. The molecule has 2 aliphatic heterocycles. The molecule has 176 valence electrons. The smallest absolute Gasteiger partial charge is 0.251 e. The molecule has 7 heteroatoms. The second kappa shape index (κ2) is 9.06. The number of nitrogens with one attached hydrogen (secondary N) is 1. The number of ether oxygens (including phenoxy) is 1. The van der Waals surface area contributed by atoms with E-state index in [1.165, 1.54) is 0 Å². The van der Waals surface area contributed by atoms with Crippen LogP contribution in [0.2, 0.25) is 0 Å². The third kappa shape index (κ3) is 4.23. The molecule has 1 fully saturated rings. The molecule has 1 saturated heterocycles. The van der Waals surface area contributed by atoms with Crippen molar-refractivity contribution in [3.05, 3.63) is 65.6 Å². The molecule has 0 radical (unpaired) electrons. The summed E-state index contributed by atoms with van der Waals surface area (Å²) in [6, 6.07) is 12.9. The minimum Gasteiger partial charge on any atom is -0.383 e. The Morgan fingerprint density at radius 3 is 2.74 bits per heavy atom. The number of nitrogens with two attached hydrogens (primary N) is 1. The molecule has 0 bridgehead atoms. The van der Waals surface area contributed by atoms with Gasteiger partial charge in [-0.25, -0.2) is 9.37 Å². The third-order valence-electron chi connectivity index (χ3n) is 6.73. The van der Waals surface area contributed by atoms with Crippen LogP contribution in [0.1, 0.15) is 29.8 Å². The molecule has 5 rings (SSSR count). The van der Waals surface area contributed by atoms with E-state index in [0.29, 0.717) is 41.6 Å². The van der Waals surface area contributed by atoms with Crippen molar-refractivity contribution in [1.29, 1.82) is 0 Å². The van der Waals surface area contributed by atoms with Crippen LogP contribution < -0.4 is 16.0 Å². The van der Waals surface area contributed by atoms with E-state index in [1.807, 2.05) is 30.3 Å². The molecule has 1 aromatic heterocycles. The van der Waals surface area contributed by atoms with Crippen molar-refractivity contribution in [2.24, 2.45) is 5.92 Å². The standard InChI is InChI=1S/C27H29FN4O2/c1-16(2)25-15-32(9-10-34-25)20-4-6-21(24(28)13-20)19-12-23(26(29)31-14-19)17-3-5-22-18(11-17)7-8-30-27(22)33/h3-6,11-14,16,25H,7-10,15H2,1-2H3,(H2,29,31)(H,30,33). The lowest BCUT2D eigenvalue weighted by atomic mass is 9.94. The van der Waals surface area contributed by atoms with Gasteiger partial charge in [0.1, 0.15) is 11.6 Å². The molecule has 1 atom stereocenters. The second-order valence-corrected chi connectivity index (χ2v) is 9.30. The largest absolute Gasteiger partial charge is 0.383 e. The van der Waals surface area contributed by atoms with Gasteiger partial charge in [0, 0.05) is 53.8 Å². The summed E-state index contributed by atoms with van der Waals surface area (Å²) in [5.41, 5.74) is 11.4. The van der Waals surface area contributed by atoms with Crippen molar-refractivity contribution in [3.8, 4) is 22.3 Å². The SMILES string of the molecule is CC(C)C1CN(c2ccc(-c3cnc(N)c(-c4ccc5c(c4)CCNC5=O)c3)c(F)c2)CCO1. The Morgan fingerprint density at radius 1 is 1.12 bits per heavy atom. The Hall–Kier alpha value is -3.45. The van der Waals surface area contributed by atoms with Gasteiger partial charge in [0.05, 0.1) is 12.7 Å². The number of nitrogens with zero attached hydrogens (tertiary/aromatic N) is 2. The number of hydrogen-bond acceptors (Lipinski definition) is 5. The van der Waals surface area contributed by atoms with E-state index in [4.69, 9.17) is 10.5 Å². The Balaban J connectivity index is 1.45. The van der Waals surface area contributed by atoms with Crippen LogP contribution in [0.5, 0.6) is 0 Å². The van der Waals surface area contributed by atoms with Gasteiger partial charge in [0.2, 0.25) is 0 Å². The van der Waals surface area contributed by atoms with Gasteiger partial charge in [-0.15, -0.1) is 0 Å². The first-order chi connectivity index (χ1) is 16.4. The molecule has 1 unspecified atom stereocenters. The number of pyridine rings is 1. The van der Waals surface area contributed by atoms with Crippen LogP contribution in [0.3, 0.4) is 0 Å². The van der Waals surface area contributed by atoms with Gasteiger partial charge < -0.3 is 20.7 Å². The number of fused-ring (bicyclic) bond motifs is 1. The maximum absolute atomic E-state index is 15.3. The number of hydrogen-bond donors (Lipinski definition) is 2. The minimum absolute atomic E-state index is 0.0604. The molecule has 0 spiro atoms. The number of halogens is 1. The maximum Gasteiger partial charge on any atom is 0.251 e. The Kier molecular flexibility index (Phi) is 5.96. The summed E-state index contributed by atoms with van der Waals surface area (Å²) >= 11 is 0. The van der Waals surface area contributed by atoms with E-state index < -0.39 is 0 Å². The highest BCUT2D eigenvalue weighted by molar-refractivity contribution is 5.97. The molecule has 2 aliphatic rings. The fourth-order valence-corrected chi connectivity index (χ4v) is 4.70. The minimum atomic E-state index is -0.301. The lowest BCUT2D eigenvalue weighted by molar-refractivity contribution is 0.0114. The molecule has 3 heterocycles. The fraction of sp³-hybridized carbons (Fsp3) is 0.333. The molecule has 1 amide bonds. The summed E-state index contributed by atoms with van der Waals surface area (Å²) in [4.78, 5) is 18.6. The Bertz CT molecular complexity index is 1240. The number of rotatable bonds is 4. The third-order valence-corrected chi connectivity index (χ3v) is 6.73. The number of amides is 1. The van der Waals surface area contributed by atoms with Crippen LogP contribution in [-0.2, 0) is 11.2 Å². The highest BCUT2D eigenvalue weighted by Gasteiger charge is 2.24. The number of nitrogen functional groups attached to an aromatic ring is 1. The highest BCUT2D eigenvalue weighted by Crippen LogP contribution is 2.34. The molecule has 0 aliphatic carbocycles. The normalized spacial score (nSPS) is 18.1. The summed E-state index contributed by atoms with van der Waals surface area (Å²) in [5, 5.41) is 2.85. The van der Waals surface area contributed by atoms with Crippen LogP contribution in [0.25, 0.3) is 22.3 Å². The average molecular weight is 461 g/mol. The van der Waals surface area contributed by atoms with Crippen LogP contribution in [0.15, 0.2) is 48.7 Å². The lowest BCUT2D eigenvalue weighted by Gasteiger charge is -2.36. The van der Waals surface area contributed by atoms with Crippen molar-refractivity contribution in [2.45, 2.75) is 26.4 Å². The van der Waals surface area contributed by atoms with Gasteiger partial charge in [0.15, 0.2) is 0 Å². The highest BCUT2D eigenvalue weighted by atomic mass is 19.1. The summed E-state index contributed by atoms with van der Waals surface area (Å²) in [7, 11) is 0. The Labute approximate surface area is 198 Å². The second-order valence-electron chi connectivity index (χ2n) is 9.30. The molecule has 2 aromatic carbocycles. The van der Waals surface area contributed by atoms with Crippen LogP contribution in [-0.4, -0.2) is 43.2 Å². The predicted molar refractivity (Wildman–Crippen MR) is 132 cm³/mol. The van der Waals surface area contributed by atoms with Crippen LogP contribution in [0.4, 0.5) is 15.9 Å². The summed E-state index contributed by atoms with van der Waals surface area (Å²) in [5.74, 6) is 0.415. The van der Waals surface area contributed by atoms with Gasteiger partial charge >= 0.3 is 0 Å². The summed E-state index contributed by atoms with van der Waals surface area (Å²) < 4.78 is 21.1. The maximum atomic E-state index is 15.3. The fourth-order valence-electron chi connectivity index (χ4n) is 4.70. The number of anilines is 2.